The number of amides is 1. The molecular formula is C15H22N2O. The molecule has 0 aromatic heterocycles. The van der Waals surface area contributed by atoms with Crippen LogP contribution in [0.1, 0.15) is 38.9 Å². The van der Waals surface area contributed by atoms with Crippen LogP contribution in [-0.2, 0) is 4.79 Å². The van der Waals surface area contributed by atoms with Crippen LogP contribution < -0.4 is 5.32 Å². The van der Waals surface area contributed by atoms with Crippen LogP contribution in [0.3, 0.4) is 0 Å². The van der Waals surface area contributed by atoms with Crippen LogP contribution in [0.25, 0.3) is 0 Å². The number of nitrogens with one attached hydrogen (secondary N) is 1. The van der Waals surface area contributed by atoms with E-state index in [-0.39, 0.29) is 18.1 Å². The van der Waals surface area contributed by atoms with Gasteiger partial charge in [0.15, 0.2) is 0 Å². The average molecular weight is 246 g/mol. The van der Waals surface area contributed by atoms with Crippen molar-refractivity contribution in [2.24, 2.45) is 5.92 Å². The van der Waals surface area contributed by atoms with Crippen LogP contribution in [0, 0.1) is 5.92 Å². The Hall–Kier alpha value is -1.35. The lowest BCUT2D eigenvalue weighted by molar-refractivity contribution is -0.130. The second-order valence-electron chi connectivity index (χ2n) is 5.47. The Bertz CT molecular complexity index is 402. The van der Waals surface area contributed by atoms with E-state index < -0.39 is 0 Å². The molecule has 0 saturated carbocycles. The van der Waals surface area contributed by atoms with Crippen molar-refractivity contribution >= 4 is 5.91 Å². The van der Waals surface area contributed by atoms with E-state index in [1.807, 2.05) is 23.1 Å². The molecule has 0 aliphatic carbocycles. The summed E-state index contributed by atoms with van der Waals surface area (Å²) < 4.78 is 0. The van der Waals surface area contributed by atoms with Crippen LogP contribution in [0.4, 0.5) is 0 Å². The average Bonchev–Trinajstić information content (AvgIpc) is 2.71. The fourth-order valence-corrected chi connectivity index (χ4v) is 2.73. The normalized spacial score (nSPS) is 21.7. The molecule has 1 aromatic carbocycles. The molecular weight excluding hydrogens is 224 g/mol. The lowest BCUT2D eigenvalue weighted by Crippen LogP contribution is -2.38. The van der Waals surface area contributed by atoms with Crippen molar-refractivity contribution in [1.82, 2.24) is 10.2 Å². The molecule has 1 N–H and O–H groups in total. The van der Waals surface area contributed by atoms with Gasteiger partial charge < -0.3 is 4.90 Å². The maximum absolute atomic E-state index is 12.0. The molecule has 1 heterocycles. The Balaban J connectivity index is 2.18. The van der Waals surface area contributed by atoms with Gasteiger partial charge in [-0.25, -0.2) is 0 Å². The maximum Gasteiger partial charge on any atom is 0.238 e. The quantitative estimate of drug-likeness (QED) is 0.885. The van der Waals surface area contributed by atoms with Crippen LogP contribution in [0.5, 0.6) is 0 Å². The lowest BCUT2D eigenvalue weighted by Gasteiger charge is -2.31. The molecule has 2 unspecified atom stereocenters. The van der Waals surface area contributed by atoms with E-state index in [0.717, 1.165) is 6.42 Å². The SMILES string of the molecule is CC(C)CC(C)N1C(=O)CNC1c1ccccc1. The number of nitrogens with zero attached hydrogens (tertiary/aromatic N) is 1. The van der Waals surface area contributed by atoms with Gasteiger partial charge in [0.2, 0.25) is 5.91 Å². The van der Waals surface area contributed by atoms with E-state index in [1.54, 1.807) is 0 Å². The lowest BCUT2D eigenvalue weighted by atomic mass is 10.0. The van der Waals surface area contributed by atoms with Gasteiger partial charge in [0.1, 0.15) is 6.17 Å². The summed E-state index contributed by atoms with van der Waals surface area (Å²) in [4.78, 5) is 14.0. The van der Waals surface area contributed by atoms with Gasteiger partial charge in [0.25, 0.3) is 0 Å². The van der Waals surface area contributed by atoms with E-state index in [2.05, 4.69) is 38.2 Å². The molecule has 0 bridgehead atoms. The largest absolute Gasteiger partial charge is 0.319 e. The van der Waals surface area contributed by atoms with Crippen molar-refractivity contribution in [1.29, 1.82) is 0 Å². The topological polar surface area (TPSA) is 32.3 Å². The van der Waals surface area contributed by atoms with Crippen LogP contribution in [0.2, 0.25) is 0 Å². The van der Waals surface area contributed by atoms with Crippen LogP contribution in [-0.4, -0.2) is 23.4 Å². The Kier molecular flexibility index (Phi) is 4.02. The molecule has 18 heavy (non-hydrogen) atoms. The molecule has 2 atom stereocenters. The number of rotatable bonds is 4. The van der Waals surface area contributed by atoms with Gasteiger partial charge in [0.05, 0.1) is 6.54 Å². The maximum atomic E-state index is 12.0. The fraction of sp³-hybridized carbons (Fsp3) is 0.533. The minimum absolute atomic E-state index is 0.0347. The third-order valence-electron chi connectivity index (χ3n) is 3.42. The van der Waals surface area contributed by atoms with E-state index in [9.17, 15) is 4.79 Å². The number of carbonyl (C=O) groups excluding carboxylic acids is 1. The zero-order valence-electron chi connectivity index (χ0n) is 11.4. The molecule has 3 nitrogen and oxygen atoms in total. The molecule has 1 fully saturated rings. The first-order chi connectivity index (χ1) is 8.59. The van der Waals surface area contributed by atoms with Gasteiger partial charge in [-0.1, -0.05) is 44.2 Å². The number of benzene rings is 1. The summed E-state index contributed by atoms with van der Waals surface area (Å²) in [7, 11) is 0. The third kappa shape index (κ3) is 2.72. The standard InChI is InChI=1S/C15H22N2O/c1-11(2)9-12(3)17-14(18)10-16-15(17)13-7-5-4-6-8-13/h4-8,11-12,15-16H,9-10H2,1-3H3. The van der Waals surface area contributed by atoms with Crippen molar-refractivity contribution in [3.8, 4) is 0 Å². The minimum atomic E-state index is 0.0347. The highest BCUT2D eigenvalue weighted by molar-refractivity contribution is 5.81. The summed E-state index contributed by atoms with van der Waals surface area (Å²) in [6.07, 6.45) is 1.07. The summed E-state index contributed by atoms with van der Waals surface area (Å²) in [6, 6.07) is 10.5. The van der Waals surface area contributed by atoms with Gasteiger partial charge in [0, 0.05) is 6.04 Å². The number of hydrogen-bond acceptors (Lipinski definition) is 2. The molecule has 1 aliphatic heterocycles. The Morgan fingerprint density at radius 2 is 1.94 bits per heavy atom. The van der Waals surface area contributed by atoms with Gasteiger partial charge in [-0.2, -0.15) is 0 Å². The summed E-state index contributed by atoms with van der Waals surface area (Å²) in [5.41, 5.74) is 1.17. The molecule has 1 aromatic rings. The number of hydrogen-bond donors (Lipinski definition) is 1. The molecule has 3 heteroatoms. The highest BCUT2D eigenvalue weighted by Crippen LogP contribution is 2.26. The molecule has 1 aliphatic rings. The van der Waals surface area contributed by atoms with Crippen LogP contribution >= 0.6 is 0 Å². The smallest absolute Gasteiger partial charge is 0.238 e. The van der Waals surface area contributed by atoms with Gasteiger partial charge in [-0.05, 0) is 24.8 Å². The van der Waals surface area contributed by atoms with Crippen LogP contribution in [0.15, 0.2) is 30.3 Å². The van der Waals surface area contributed by atoms with E-state index in [1.165, 1.54) is 5.56 Å². The molecule has 98 valence electrons. The predicted molar refractivity (Wildman–Crippen MR) is 72.9 cm³/mol. The van der Waals surface area contributed by atoms with Gasteiger partial charge in [-0.15, -0.1) is 0 Å². The zero-order chi connectivity index (χ0) is 13.1. The Morgan fingerprint density at radius 1 is 1.28 bits per heavy atom. The van der Waals surface area contributed by atoms with Crippen molar-refractivity contribution in [3.05, 3.63) is 35.9 Å². The highest BCUT2D eigenvalue weighted by atomic mass is 16.2. The van der Waals surface area contributed by atoms with Crippen molar-refractivity contribution in [3.63, 3.8) is 0 Å². The first-order valence-corrected chi connectivity index (χ1v) is 6.69. The molecule has 0 spiro atoms. The van der Waals surface area contributed by atoms with E-state index in [0.29, 0.717) is 12.5 Å². The minimum Gasteiger partial charge on any atom is -0.319 e. The molecule has 1 saturated heterocycles. The first kappa shape index (κ1) is 13.1. The fourth-order valence-electron chi connectivity index (χ4n) is 2.73. The molecule has 0 radical (unpaired) electrons. The predicted octanol–water partition coefficient (Wildman–Crippen LogP) is 2.55. The zero-order valence-corrected chi connectivity index (χ0v) is 11.4. The monoisotopic (exact) mass is 246 g/mol. The summed E-state index contributed by atoms with van der Waals surface area (Å²) >= 11 is 0. The summed E-state index contributed by atoms with van der Waals surface area (Å²) in [5.74, 6) is 0.807. The van der Waals surface area contributed by atoms with E-state index >= 15 is 0 Å². The van der Waals surface area contributed by atoms with Crippen molar-refractivity contribution in [2.45, 2.75) is 39.4 Å². The molecule has 1 amide bonds. The summed E-state index contributed by atoms with van der Waals surface area (Å²) in [6.45, 7) is 6.98. The van der Waals surface area contributed by atoms with Gasteiger partial charge in [-0.3, -0.25) is 10.1 Å². The second-order valence-corrected chi connectivity index (χ2v) is 5.47. The molecule has 2 rings (SSSR count). The highest BCUT2D eigenvalue weighted by Gasteiger charge is 2.34. The summed E-state index contributed by atoms with van der Waals surface area (Å²) in [5, 5.41) is 3.30. The second kappa shape index (κ2) is 5.53. The van der Waals surface area contributed by atoms with Gasteiger partial charge >= 0.3 is 0 Å². The number of carbonyl (C=O) groups is 1. The third-order valence-corrected chi connectivity index (χ3v) is 3.42. The van der Waals surface area contributed by atoms with E-state index in [4.69, 9.17) is 0 Å². The Morgan fingerprint density at radius 3 is 2.56 bits per heavy atom. The van der Waals surface area contributed by atoms with Crippen molar-refractivity contribution < 1.29 is 4.79 Å². The Labute approximate surface area is 109 Å². The first-order valence-electron chi connectivity index (χ1n) is 6.69. The van der Waals surface area contributed by atoms with Crippen molar-refractivity contribution in [2.75, 3.05) is 6.54 Å².